The summed E-state index contributed by atoms with van der Waals surface area (Å²) in [5, 5.41) is 2.54. The zero-order chi connectivity index (χ0) is 15.9. The van der Waals surface area contributed by atoms with E-state index in [9.17, 15) is 22.8 Å². The molecule has 2 amide bonds. The van der Waals surface area contributed by atoms with Crippen molar-refractivity contribution in [3.8, 4) is 0 Å². The van der Waals surface area contributed by atoms with Crippen molar-refractivity contribution in [2.45, 2.75) is 25.3 Å². The number of likely N-dealkylation sites (tertiary alicyclic amines) is 1. The van der Waals surface area contributed by atoms with Crippen LogP contribution in [0.15, 0.2) is 12.1 Å². The van der Waals surface area contributed by atoms with Crippen LogP contribution in [0.1, 0.15) is 29.6 Å². The molecule has 1 aliphatic carbocycles. The molecule has 0 aromatic heterocycles. The largest absolute Gasteiger partial charge is 0.352 e. The lowest BCUT2D eigenvalue weighted by Crippen LogP contribution is -2.32. The summed E-state index contributed by atoms with van der Waals surface area (Å²) >= 11 is 0. The summed E-state index contributed by atoms with van der Waals surface area (Å²) in [6.45, 7) is 0.838. The smallest absolute Gasteiger partial charge is 0.251 e. The summed E-state index contributed by atoms with van der Waals surface area (Å²) in [6.07, 6.45) is 2.42. The lowest BCUT2D eigenvalue weighted by Gasteiger charge is -2.15. The van der Waals surface area contributed by atoms with Crippen molar-refractivity contribution in [2.24, 2.45) is 5.92 Å². The summed E-state index contributed by atoms with van der Waals surface area (Å²) in [7, 11) is 0. The highest BCUT2D eigenvalue weighted by molar-refractivity contribution is 5.94. The Morgan fingerprint density at radius 2 is 1.86 bits per heavy atom. The maximum Gasteiger partial charge on any atom is 0.251 e. The average Bonchev–Trinajstić information content (AvgIpc) is 3.25. The van der Waals surface area contributed by atoms with E-state index in [-0.39, 0.29) is 23.9 Å². The van der Waals surface area contributed by atoms with E-state index < -0.39 is 23.4 Å². The van der Waals surface area contributed by atoms with Gasteiger partial charge in [0.25, 0.3) is 5.91 Å². The molecule has 0 radical (unpaired) electrons. The summed E-state index contributed by atoms with van der Waals surface area (Å²) in [6, 6.07) is 1.65. The molecule has 1 aromatic rings. The van der Waals surface area contributed by atoms with E-state index in [2.05, 4.69) is 5.32 Å². The predicted molar refractivity (Wildman–Crippen MR) is 71.5 cm³/mol. The zero-order valence-electron chi connectivity index (χ0n) is 11.7. The van der Waals surface area contributed by atoms with Gasteiger partial charge in [-0.05, 0) is 25.0 Å². The second-order valence-electron chi connectivity index (χ2n) is 5.81. The third kappa shape index (κ3) is 2.93. The van der Waals surface area contributed by atoms with Crippen molar-refractivity contribution in [3.63, 3.8) is 0 Å². The minimum absolute atomic E-state index is 0.00723. The van der Waals surface area contributed by atoms with Crippen LogP contribution in [0.25, 0.3) is 0 Å². The molecule has 1 saturated heterocycles. The van der Waals surface area contributed by atoms with E-state index in [1.165, 1.54) is 0 Å². The van der Waals surface area contributed by atoms with Crippen LogP contribution >= 0.6 is 0 Å². The molecule has 1 atom stereocenters. The minimum Gasteiger partial charge on any atom is -0.352 e. The van der Waals surface area contributed by atoms with Gasteiger partial charge in [-0.1, -0.05) is 0 Å². The molecule has 1 saturated carbocycles. The Morgan fingerprint density at radius 3 is 2.45 bits per heavy atom. The lowest BCUT2D eigenvalue weighted by molar-refractivity contribution is -0.128. The van der Waals surface area contributed by atoms with Crippen LogP contribution in [0.3, 0.4) is 0 Å². The van der Waals surface area contributed by atoms with E-state index >= 15 is 0 Å². The van der Waals surface area contributed by atoms with E-state index in [0.29, 0.717) is 31.1 Å². The summed E-state index contributed by atoms with van der Waals surface area (Å²) in [5.74, 6) is -5.01. The van der Waals surface area contributed by atoms with Crippen molar-refractivity contribution in [1.29, 1.82) is 0 Å². The standard InChI is InChI=1S/C15H15F3N2O2/c16-11-4-9(5-12(17)14(11)18)15(22)19-6-8-3-13(21)20(7-8)10-1-2-10/h4-5,8,10H,1-3,6-7H2,(H,19,22)/t8-/m0/s1. The molecule has 1 aromatic carbocycles. The Balaban J connectivity index is 1.57. The highest BCUT2D eigenvalue weighted by atomic mass is 19.2. The van der Waals surface area contributed by atoms with Crippen LogP contribution in [0, 0.1) is 23.4 Å². The predicted octanol–water partition coefficient (Wildman–Crippen LogP) is 1.84. The van der Waals surface area contributed by atoms with Gasteiger partial charge in [0.2, 0.25) is 5.91 Å². The first-order valence-electron chi connectivity index (χ1n) is 7.18. The van der Waals surface area contributed by atoms with Gasteiger partial charge < -0.3 is 10.2 Å². The van der Waals surface area contributed by atoms with Crippen LogP contribution in [0.4, 0.5) is 13.2 Å². The Hall–Kier alpha value is -2.05. The molecule has 0 unspecified atom stereocenters. The molecule has 7 heteroatoms. The fraction of sp³-hybridized carbons (Fsp3) is 0.467. The molecule has 0 bridgehead atoms. The molecule has 118 valence electrons. The van der Waals surface area contributed by atoms with Crippen LogP contribution < -0.4 is 5.32 Å². The number of carbonyl (C=O) groups is 2. The number of benzene rings is 1. The number of nitrogens with zero attached hydrogens (tertiary/aromatic N) is 1. The quantitative estimate of drug-likeness (QED) is 0.863. The Kier molecular flexibility index (Phi) is 3.80. The van der Waals surface area contributed by atoms with Gasteiger partial charge in [0.05, 0.1) is 0 Å². The second-order valence-corrected chi connectivity index (χ2v) is 5.81. The van der Waals surface area contributed by atoms with Gasteiger partial charge in [0, 0.05) is 37.0 Å². The lowest BCUT2D eigenvalue weighted by atomic mass is 10.1. The monoisotopic (exact) mass is 312 g/mol. The third-order valence-corrected chi connectivity index (χ3v) is 4.02. The zero-order valence-corrected chi connectivity index (χ0v) is 11.7. The second kappa shape index (κ2) is 5.62. The van der Waals surface area contributed by atoms with Crippen LogP contribution in [-0.2, 0) is 4.79 Å². The van der Waals surface area contributed by atoms with E-state index in [4.69, 9.17) is 0 Å². The molecule has 0 spiro atoms. The van der Waals surface area contributed by atoms with E-state index in [0.717, 1.165) is 12.8 Å². The molecule has 1 N–H and O–H groups in total. The van der Waals surface area contributed by atoms with Crippen molar-refractivity contribution in [1.82, 2.24) is 10.2 Å². The minimum atomic E-state index is -1.60. The summed E-state index contributed by atoms with van der Waals surface area (Å²) in [4.78, 5) is 25.5. The first-order chi connectivity index (χ1) is 10.5. The number of halogens is 3. The maximum atomic E-state index is 13.1. The fourth-order valence-electron chi connectivity index (χ4n) is 2.71. The molecule has 3 rings (SSSR count). The molecular weight excluding hydrogens is 297 g/mol. The number of amides is 2. The van der Waals surface area contributed by atoms with E-state index in [1.807, 2.05) is 4.90 Å². The van der Waals surface area contributed by atoms with Crippen molar-refractivity contribution in [2.75, 3.05) is 13.1 Å². The van der Waals surface area contributed by atoms with Crippen LogP contribution in [0.5, 0.6) is 0 Å². The molecule has 4 nitrogen and oxygen atoms in total. The molecule has 2 aliphatic rings. The number of nitrogens with one attached hydrogen (secondary N) is 1. The van der Waals surface area contributed by atoms with Crippen molar-refractivity contribution >= 4 is 11.8 Å². The molecular formula is C15H15F3N2O2. The van der Waals surface area contributed by atoms with Crippen molar-refractivity contribution in [3.05, 3.63) is 35.1 Å². The Bertz CT molecular complexity index is 608. The highest BCUT2D eigenvalue weighted by Gasteiger charge is 2.39. The number of hydrogen-bond acceptors (Lipinski definition) is 2. The van der Waals surface area contributed by atoms with Gasteiger partial charge in [0.1, 0.15) is 0 Å². The average molecular weight is 312 g/mol. The van der Waals surface area contributed by atoms with Crippen LogP contribution in [0.2, 0.25) is 0 Å². The van der Waals surface area contributed by atoms with Gasteiger partial charge in [0.15, 0.2) is 17.5 Å². The van der Waals surface area contributed by atoms with Gasteiger partial charge in [-0.3, -0.25) is 9.59 Å². The van der Waals surface area contributed by atoms with Crippen molar-refractivity contribution < 1.29 is 22.8 Å². The third-order valence-electron chi connectivity index (χ3n) is 4.02. The van der Waals surface area contributed by atoms with Gasteiger partial charge in [-0.15, -0.1) is 0 Å². The maximum absolute atomic E-state index is 13.1. The molecule has 2 fully saturated rings. The SMILES string of the molecule is O=C(NC[C@@H]1CC(=O)N(C2CC2)C1)c1cc(F)c(F)c(F)c1. The van der Waals surface area contributed by atoms with E-state index in [1.54, 1.807) is 0 Å². The van der Waals surface area contributed by atoms with Gasteiger partial charge in [-0.2, -0.15) is 0 Å². The number of rotatable bonds is 4. The normalized spacial score (nSPS) is 21.3. The van der Waals surface area contributed by atoms with Crippen LogP contribution in [-0.4, -0.2) is 35.8 Å². The Labute approximate surface area is 125 Å². The topological polar surface area (TPSA) is 49.4 Å². The highest BCUT2D eigenvalue weighted by Crippen LogP contribution is 2.32. The molecule has 22 heavy (non-hydrogen) atoms. The number of carbonyl (C=O) groups excluding carboxylic acids is 2. The Morgan fingerprint density at radius 1 is 1.23 bits per heavy atom. The fourth-order valence-corrected chi connectivity index (χ4v) is 2.71. The summed E-state index contributed by atoms with van der Waals surface area (Å²) in [5.41, 5.74) is -0.278. The number of hydrogen-bond donors (Lipinski definition) is 1. The summed E-state index contributed by atoms with van der Waals surface area (Å²) < 4.78 is 39.0. The van der Waals surface area contributed by atoms with Gasteiger partial charge in [-0.25, -0.2) is 13.2 Å². The van der Waals surface area contributed by atoms with Gasteiger partial charge >= 0.3 is 0 Å². The molecule has 1 heterocycles. The molecule has 1 aliphatic heterocycles. The first-order valence-corrected chi connectivity index (χ1v) is 7.18. The first kappa shape index (κ1) is 14.9.